The molecule has 0 radical (unpaired) electrons. The third kappa shape index (κ3) is 2.85. The number of aryl methyl sites for hydroxylation is 1. The van der Waals surface area contributed by atoms with Crippen molar-refractivity contribution in [2.24, 2.45) is 0 Å². The minimum atomic E-state index is -0.289. The number of rotatable bonds is 3. The number of halogens is 2. The van der Waals surface area contributed by atoms with Crippen LogP contribution in [0.4, 0.5) is 4.39 Å². The quantitative estimate of drug-likeness (QED) is 0.772. The maximum atomic E-state index is 12.8. The Balaban J connectivity index is 2.22. The molecule has 0 fully saturated rings. The van der Waals surface area contributed by atoms with Crippen LogP contribution in [0.1, 0.15) is 21.5 Å². The van der Waals surface area contributed by atoms with E-state index in [1.165, 1.54) is 12.1 Å². The van der Waals surface area contributed by atoms with Gasteiger partial charge in [0.2, 0.25) is 0 Å². The summed E-state index contributed by atoms with van der Waals surface area (Å²) in [7, 11) is 0. The first kappa shape index (κ1) is 13.0. The number of carbonyl (C=O) groups excluding carboxylic acids is 1. The molecule has 2 aromatic carbocycles. The monoisotopic (exact) mass is 306 g/mol. The van der Waals surface area contributed by atoms with Gasteiger partial charge in [-0.05, 0) is 46.1 Å². The van der Waals surface area contributed by atoms with Gasteiger partial charge in [-0.2, -0.15) is 0 Å². The average Bonchev–Trinajstić information content (AvgIpc) is 2.35. The van der Waals surface area contributed by atoms with E-state index in [0.717, 1.165) is 15.6 Å². The summed E-state index contributed by atoms with van der Waals surface area (Å²) in [5.74, 6) is -0.264. The molecule has 0 aliphatic heterocycles. The first-order chi connectivity index (χ1) is 8.58. The van der Waals surface area contributed by atoms with Crippen molar-refractivity contribution in [1.82, 2.24) is 0 Å². The molecule has 0 amide bonds. The molecule has 0 bridgehead atoms. The standard InChI is InChI=1S/C15H12BrFO/c1-10-3-2-4-13(15(10)16)14(18)9-11-5-7-12(17)8-6-11/h2-8H,9H2,1H3. The molecule has 18 heavy (non-hydrogen) atoms. The fourth-order valence-corrected chi connectivity index (χ4v) is 2.23. The van der Waals surface area contributed by atoms with Gasteiger partial charge in [0.15, 0.2) is 5.78 Å². The summed E-state index contributed by atoms with van der Waals surface area (Å²) in [6, 6.07) is 11.6. The fourth-order valence-electron chi connectivity index (χ4n) is 1.75. The van der Waals surface area contributed by atoms with Crippen LogP contribution in [0.5, 0.6) is 0 Å². The molecule has 0 unspecified atom stereocenters. The Labute approximate surface area is 114 Å². The molecule has 3 heteroatoms. The van der Waals surface area contributed by atoms with Crippen LogP contribution in [0.2, 0.25) is 0 Å². The van der Waals surface area contributed by atoms with E-state index >= 15 is 0 Å². The predicted octanol–water partition coefficient (Wildman–Crippen LogP) is 4.32. The van der Waals surface area contributed by atoms with E-state index in [9.17, 15) is 9.18 Å². The van der Waals surface area contributed by atoms with Gasteiger partial charge < -0.3 is 0 Å². The van der Waals surface area contributed by atoms with E-state index in [4.69, 9.17) is 0 Å². The minimum Gasteiger partial charge on any atom is -0.294 e. The second kappa shape index (κ2) is 5.44. The maximum absolute atomic E-state index is 12.8. The molecular formula is C15H12BrFO. The molecule has 2 rings (SSSR count). The highest BCUT2D eigenvalue weighted by Crippen LogP contribution is 2.22. The van der Waals surface area contributed by atoms with Crippen LogP contribution in [0.25, 0.3) is 0 Å². The first-order valence-corrected chi connectivity index (χ1v) is 6.40. The van der Waals surface area contributed by atoms with Crippen LogP contribution in [-0.4, -0.2) is 5.78 Å². The molecule has 0 atom stereocenters. The number of hydrogen-bond donors (Lipinski definition) is 0. The highest BCUT2D eigenvalue weighted by Gasteiger charge is 2.11. The van der Waals surface area contributed by atoms with E-state index in [-0.39, 0.29) is 18.0 Å². The fraction of sp³-hybridized carbons (Fsp3) is 0.133. The summed E-state index contributed by atoms with van der Waals surface area (Å²) in [4.78, 5) is 12.1. The third-order valence-corrected chi connectivity index (χ3v) is 3.82. The summed E-state index contributed by atoms with van der Waals surface area (Å²) in [6.07, 6.45) is 0.280. The zero-order valence-electron chi connectivity index (χ0n) is 9.91. The lowest BCUT2D eigenvalue weighted by Gasteiger charge is -2.06. The van der Waals surface area contributed by atoms with Crippen molar-refractivity contribution in [3.8, 4) is 0 Å². The van der Waals surface area contributed by atoms with Crippen molar-refractivity contribution < 1.29 is 9.18 Å². The molecule has 0 heterocycles. The number of carbonyl (C=O) groups is 1. The Kier molecular flexibility index (Phi) is 3.92. The zero-order valence-corrected chi connectivity index (χ0v) is 11.5. The lowest BCUT2D eigenvalue weighted by molar-refractivity contribution is 0.0992. The molecule has 1 nitrogen and oxygen atoms in total. The van der Waals surface area contributed by atoms with Gasteiger partial charge in [0.05, 0.1) is 0 Å². The Hall–Kier alpha value is -1.48. The summed E-state index contributed by atoms with van der Waals surface area (Å²) in [5, 5.41) is 0. The van der Waals surface area contributed by atoms with Gasteiger partial charge in [0.25, 0.3) is 0 Å². The highest BCUT2D eigenvalue weighted by molar-refractivity contribution is 9.10. The third-order valence-electron chi connectivity index (χ3n) is 2.77. The largest absolute Gasteiger partial charge is 0.294 e. The summed E-state index contributed by atoms with van der Waals surface area (Å²) in [5.41, 5.74) is 2.51. The molecule has 0 aromatic heterocycles. The van der Waals surface area contributed by atoms with E-state index in [1.54, 1.807) is 18.2 Å². The summed E-state index contributed by atoms with van der Waals surface area (Å²) in [6.45, 7) is 1.94. The van der Waals surface area contributed by atoms with E-state index in [0.29, 0.717) is 5.56 Å². The van der Waals surface area contributed by atoms with Gasteiger partial charge in [-0.15, -0.1) is 0 Å². The predicted molar refractivity (Wildman–Crippen MR) is 73.3 cm³/mol. The van der Waals surface area contributed by atoms with Crippen LogP contribution in [0, 0.1) is 12.7 Å². The number of Topliss-reactive ketones (excluding diaryl/α,β-unsaturated/α-hetero) is 1. The van der Waals surface area contributed by atoms with Gasteiger partial charge >= 0.3 is 0 Å². The van der Waals surface area contributed by atoms with Crippen molar-refractivity contribution in [2.75, 3.05) is 0 Å². The van der Waals surface area contributed by atoms with Crippen molar-refractivity contribution in [3.63, 3.8) is 0 Å². The van der Waals surface area contributed by atoms with Crippen LogP contribution in [0.3, 0.4) is 0 Å². The highest BCUT2D eigenvalue weighted by atomic mass is 79.9. The number of benzene rings is 2. The number of hydrogen-bond acceptors (Lipinski definition) is 1. The average molecular weight is 307 g/mol. The zero-order chi connectivity index (χ0) is 13.1. The van der Waals surface area contributed by atoms with E-state index in [2.05, 4.69) is 15.9 Å². The molecular weight excluding hydrogens is 295 g/mol. The Bertz CT molecular complexity index is 576. The topological polar surface area (TPSA) is 17.1 Å². The molecule has 0 saturated carbocycles. The van der Waals surface area contributed by atoms with Crippen LogP contribution in [-0.2, 0) is 6.42 Å². The van der Waals surface area contributed by atoms with E-state index < -0.39 is 0 Å². The van der Waals surface area contributed by atoms with Crippen molar-refractivity contribution >= 4 is 21.7 Å². The van der Waals surface area contributed by atoms with Gasteiger partial charge in [-0.3, -0.25) is 4.79 Å². The molecule has 0 saturated heterocycles. The Morgan fingerprint density at radius 2 is 1.83 bits per heavy atom. The molecule has 0 aliphatic carbocycles. The molecule has 0 N–H and O–H groups in total. The van der Waals surface area contributed by atoms with Crippen LogP contribution < -0.4 is 0 Å². The second-order valence-corrected chi connectivity index (χ2v) is 4.96. The van der Waals surface area contributed by atoms with Crippen LogP contribution in [0.15, 0.2) is 46.9 Å². The second-order valence-electron chi connectivity index (χ2n) is 4.16. The Morgan fingerprint density at radius 3 is 2.50 bits per heavy atom. The summed E-state index contributed by atoms with van der Waals surface area (Å²) < 4.78 is 13.6. The Morgan fingerprint density at radius 1 is 1.17 bits per heavy atom. The van der Waals surface area contributed by atoms with E-state index in [1.807, 2.05) is 19.1 Å². The first-order valence-electron chi connectivity index (χ1n) is 5.60. The molecule has 92 valence electrons. The maximum Gasteiger partial charge on any atom is 0.168 e. The summed E-state index contributed by atoms with van der Waals surface area (Å²) >= 11 is 3.42. The van der Waals surface area contributed by atoms with Gasteiger partial charge in [-0.1, -0.05) is 30.3 Å². The molecule has 0 aliphatic rings. The van der Waals surface area contributed by atoms with Crippen molar-refractivity contribution in [2.45, 2.75) is 13.3 Å². The van der Waals surface area contributed by atoms with Gasteiger partial charge in [-0.25, -0.2) is 4.39 Å². The van der Waals surface area contributed by atoms with Gasteiger partial charge in [0.1, 0.15) is 5.82 Å². The van der Waals surface area contributed by atoms with Crippen LogP contribution >= 0.6 is 15.9 Å². The molecule has 2 aromatic rings. The smallest absolute Gasteiger partial charge is 0.168 e. The van der Waals surface area contributed by atoms with Crippen molar-refractivity contribution in [3.05, 3.63) is 69.4 Å². The normalized spacial score (nSPS) is 10.4. The lowest BCUT2D eigenvalue weighted by atomic mass is 10.0. The van der Waals surface area contributed by atoms with Crippen molar-refractivity contribution in [1.29, 1.82) is 0 Å². The molecule has 0 spiro atoms. The lowest BCUT2D eigenvalue weighted by Crippen LogP contribution is -2.05. The van der Waals surface area contributed by atoms with Gasteiger partial charge in [0, 0.05) is 16.5 Å². The SMILES string of the molecule is Cc1cccc(C(=O)Cc2ccc(F)cc2)c1Br. The number of ketones is 1. The minimum absolute atomic E-state index is 0.0252.